The number of thioether (sulfide) groups is 1. The SMILES string of the molecule is CCSc1ccc(Cl)cc1C(O)C(C)N1CCNCC1. The lowest BCUT2D eigenvalue weighted by atomic mass is 10.0. The van der Waals surface area contributed by atoms with Gasteiger partial charge in [0, 0.05) is 42.1 Å². The zero-order chi connectivity index (χ0) is 14.5. The fraction of sp³-hybridized carbons (Fsp3) is 0.600. The zero-order valence-electron chi connectivity index (χ0n) is 12.1. The predicted octanol–water partition coefficient (Wildman–Crippen LogP) is 2.78. The molecule has 3 nitrogen and oxygen atoms in total. The highest BCUT2D eigenvalue weighted by atomic mass is 35.5. The molecule has 1 aromatic carbocycles. The Hall–Kier alpha value is -0.260. The normalized spacial score (nSPS) is 19.8. The molecule has 0 aromatic heterocycles. The molecule has 2 unspecified atom stereocenters. The van der Waals surface area contributed by atoms with Gasteiger partial charge in [0.2, 0.25) is 0 Å². The Morgan fingerprint density at radius 1 is 1.40 bits per heavy atom. The maximum atomic E-state index is 10.7. The number of piperazine rings is 1. The Kier molecular flexibility index (Phi) is 6.18. The number of aliphatic hydroxyl groups is 1. The van der Waals surface area contributed by atoms with Crippen LogP contribution in [0.15, 0.2) is 23.1 Å². The number of rotatable bonds is 5. The Bertz CT molecular complexity index is 438. The maximum Gasteiger partial charge on any atom is 0.0953 e. The van der Waals surface area contributed by atoms with Crippen molar-refractivity contribution in [2.24, 2.45) is 0 Å². The van der Waals surface area contributed by atoms with E-state index in [2.05, 4.69) is 24.1 Å². The fourth-order valence-corrected chi connectivity index (χ4v) is 3.59. The number of benzene rings is 1. The minimum atomic E-state index is -0.499. The van der Waals surface area contributed by atoms with Gasteiger partial charge in [-0.05, 0) is 36.4 Å². The van der Waals surface area contributed by atoms with Crippen molar-refractivity contribution in [3.63, 3.8) is 0 Å². The van der Waals surface area contributed by atoms with Gasteiger partial charge in [-0.2, -0.15) is 0 Å². The second-order valence-electron chi connectivity index (χ2n) is 5.09. The molecule has 5 heteroatoms. The average molecular weight is 315 g/mol. The summed E-state index contributed by atoms with van der Waals surface area (Å²) in [4.78, 5) is 3.47. The first-order valence-electron chi connectivity index (χ1n) is 7.18. The lowest BCUT2D eigenvalue weighted by Crippen LogP contribution is -2.49. The van der Waals surface area contributed by atoms with Crippen LogP contribution in [0.5, 0.6) is 0 Å². The number of halogens is 1. The Morgan fingerprint density at radius 3 is 2.75 bits per heavy atom. The molecule has 1 aromatic rings. The van der Waals surface area contributed by atoms with Crippen LogP contribution < -0.4 is 5.32 Å². The van der Waals surface area contributed by atoms with E-state index in [1.165, 1.54) is 0 Å². The van der Waals surface area contributed by atoms with E-state index in [0.717, 1.165) is 42.4 Å². The van der Waals surface area contributed by atoms with Crippen LogP contribution in [-0.2, 0) is 0 Å². The minimum Gasteiger partial charge on any atom is -0.387 e. The third-order valence-corrected chi connectivity index (χ3v) is 4.98. The molecule has 0 amide bonds. The van der Waals surface area contributed by atoms with Crippen LogP contribution >= 0.6 is 23.4 Å². The molecular weight excluding hydrogens is 292 g/mol. The molecule has 1 fully saturated rings. The van der Waals surface area contributed by atoms with Crippen molar-refractivity contribution >= 4 is 23.4 Å². The van der Waals surface area contributed by atoms with Crippen molar-refractivity contribution in [3.8, 4) is 0 Å². The number of nitrogens with one attached hydrogen (secondary N) is 1. The third-order valence-electron chi connectivity index (χ3n) is 3.77. The summed E-state index contributed by atoms with van der Waals surface area (Å²) < 4.78 is 0. The second-order valence-corrected chi connectivity index (χ2v) is 6.83. The van der Waals surface area contributed by atoms with E-state index >= 15 is 0 Å². The van der Waals surface area contributed by atoms with E-state index in [9.17, 15) is 5.11 Å². The van der Waals surface area contributed by atoms with Gasteiger partial charge in [-0.3, -0.25) is 4.90 Å². The van der Waals surface area contributed by atoms with Crippen LogP contribution in [0.2, 0.25) is 5.02 Å². The molecular formula is C15H23ClN2OS. The number of aliphatic hydroxyl groups excluding tert-OH is 1. The van der Waals surface area contributed by atoms with E-state index < -0.39 is 6.10 Å². The summed E-state index contributed by atoms with van der Waals surface area (Å²) in [5.74, 6) is 0.989. The van der Waals surface area contributed by atoms with Crippen LogP contribution in [0.1, 0.15) is 25.5 Å². The van der Waals surface area contributed by atoms with Crippen molar-refractivity contribution in [1.82, 2.24) is 10.2 Å². The Balaban J connectivity index is 2.17. The summed E-state index contributed by atoms with van der Waals surface area (Å²) in [6.07, 6.45) is -0.499. The van der Waals surface area contributed by atoms with Gasteiger partial charge in [0.25, 0.3) is 0 Å². The summed E-state index contributed by atoms with van der Waals surface area (Å²) >= 11 is 7.86. The standard InChI is InChI=1S/C15H23ClN2OS/c1-3-20-14-5-4-12(16)10-13(14)15(19)11(2)18-8-6-17-7-9-18/h4-5,10-11,15,17,19H,3,6-9H2,1-2H3. The molecule has 0 spiro atoms. The molecule has 0 bridgehead atoms. The van der Waals surface area contributed by atoms with Gasteiger partial charge in [-0.1, -0.05) is 18.5 Å². The first-order chi connectivity index (χ1) is 9.63. The lowest BCUT2D eigenvalue weighted by Gasteiger charge is -2.36. The van der Waals surface area contributed by atoms with E-state index in [0.29, 0.717) is 5.02 Å². The average Bonchev–Trinajstić information content (AvgIpc) is 2.48. The predicted molar refractivity (Wildman–Crippen MR) is 86.7 cm³/mol. The fourth-order valence-electron chi connectivity index (χ4n) is 2.59. The molecule has 2 atom stereocenters. The molecule has 0 aliphatic carbocycles. The van der Waals surface area contributed by atoms with E-state index in [1.54, 1.807) is 11.8 Å². The monoisotopic (exact) mass is 314 g/mol. The first-order valence-corrected chi connectivity index (χ1v) is 8.55. The van der Waals surface area contributed by atoms with Gasteiger partial charge in [0.15, 0.2) is 0 Å². The summed E-state index contributed by atoms with van der Waals surface area (Å²) in [6, 6.07) is 5.92. The number of hydrogen-bond donors (Lipinski definition) is 2. The van der Waals surface area contributed by atoms with Crippen molar-refractivity contribution in [3.05, 3.63) is 28.8 Å². The van der Waals surface area contributed by atoms with E-state index in [-0.39, 0.29) is 6.04 Å². The highest BCUT2D eigenvalue weighted by molar-refractivity contribution is 7.99. The largest absolute Gasteiger partial charge is 0.387 e. The molecule has 1 aliphatic rings. The third kappa shape index (κ3) is 3.89. The van der Waals surface area contributed by atoms with Crippen molar-refractivity contribution in [2.45, 2.75) is 30.9 Å². The molecule has 1 heterocycles. The molecule has 20 heavy (non-hydrogen) atoms. The molecule has 0 radical (unpaired) electrons. The number of hydrogen-bond acceptors (Lipinski definition) is 4. The quantitative estimate of drug-likeness (QED) is 0.819. The highest BCUT2D eigenvalue weighted by Gasteiger charge is 2.26. The molecule has 1 aliphatic heterocycles. The molecule has 1 saturated heterocycles. The van der Waals surface area contributed by atoms with Crippen molar-refractivity contribution in [2.75, 3.05) is 31.9 Å². The van der Waals surface area contributed by atoms with Gasteiger partial charge in [0.1, 0.15) is 0 Å². The van der Waals surface area contributed by atoms with E-state index in [4.69, 9.17) is 11.6 Å². The minimum absolute atomic E-state index is 0.103. The topological polar surface area (TPSA) is 35.5 Å². The van der Waals surface area contributed by atoms with Crippen LogP contribution in [0.25, 0.3) is 0 Å². The van der Waals surface area contributed by atoms with E-state index in [1.807, 2.05) is 18.2 Å². The van der Waals surface area contributed by atoms with Gasteiger partial charge < -0.3 is 10.4 Å². The first kappa shape index (κ1) is 16.1. The van der Waals surface area contributed by atoms with Crippen molar-refractivity contribution < 1.29 is 5.11 Å². The molecule has 112 valence electrons. The molecule has 2 rings (SSSR count). The van der Waals surface area contributed by atoms with Crippen LogP contribution in [0.4, 0.5) is 0 Å². The van der Waals surface area contributed by atoms with Crippen LogP contribution in [0.3, 0.4) is 0 Å². The Labute approximate surface area is 130 Å². The van der Waals surface area contributed by atoms with Crippen LogP contribution in [-0.4, -0.2) is 48.0 Å². The summed E-state index contributed by atoms with van der Waals surface area (Å²) in [6.45, 7) is 8.16. The van der Waals surface area contributed by atoms with Gasteiger partial charge in [-0.15, -0.1) is 11.8 Å². The van der Waals surface area contributed by atoms with Gasteiger partial charge >= 0.3 is 0 Å². The van der Waals surface area contributed by atoms with Gasteiger partial charge in [0.05, 0.1) is 6.10 Å². The summed E-state index contributed by atoms with van der Waals surface area (Å²) in [5, 5.41) is 14.8. The summed E-state index contributed by atoms with van der Waals surface area (Å²) in [7, 11) is 0. The zero-order valence-corrected chi connectivity index (χ0v) is 13.7. The Morgan fingerprint density at radius 2 is 2.10 bits per heavy atom. The highest BCUT2D eigenvalue weighted by Crippen LogP contribution is 2.32. The van der Waals surface area contributed by atoms with Crippen LogP contribution in [0, 0.1) is 0 Å². The smallest absolute Gasteiger partial charge is 0.0953 e. The molecule has 0 saturated carbocycles. The lowest BCUT2D eigenvalue weighted by molar-refractivity contribution is 0.0494. The molecule has 2 N–H and O–H groups in total. The van der Waals surface area contributed by atoms with Crippen molar-refractivity contribution in [1.29, 1.82) is 0 Å². The maximum absolute atomic E-state index is 10.7. The number of nitrogens with zero attached hydrogens (tertiary/aromatic N) is 1. The second kappa shape index (κ2) is 7.66. The summed E-state index contributed by atoms with van der Waals surface area (Å²) in [5.41, 5.74) is 0.954. The van der Waals surface area contributed by atoms with Gasteiger partial charge in [-0.25, -0.2) is 0 Å².